The van der Waals surface area contributed by atoms with E-state index >= 15 is 0 Å². The molecule has 5 nitrogen and oxygen atoms in total. The number of hydrogen-bond donors (Lipinski definition) is 1. The highest BCUT2D eigenvalue weighted by Gasteiger charge is 2.33. The van der Waals surface area contributed by atoms with Crippen molar-refractivity contribution < 1.29 is 9.59 Å². The number of nitrogens with one attached hydrogen (secondary N) is 1. The highest BCUT2D eigenvalue weighted by molar-refractivity contribution is 6.52. The van der Waals surface area contributed by atoms with Gasteiger partial charge in [0.25, 0.3) is 5.78 Å². The van der Waals surface area contributed by atoms with Crippen molar-refractivity contribution in [2.75, 3.05) is 14.1 Å². The van der Waals surface area contributed by atoms with E-state index in [2.05, 4.69) is 9.97 Å². The van der Waals surface area contributed by atoms with Crippen molar-refractivity contribution in [1.29, 1.82) is 0 Å². The third-order valence-corrected chi connectivity index (χ3v) is 3.08. The van der Waals surface area contributed by atoms with Crippen LogP contribution in [0.1, 0.15) is 26.7 Å². The number of ketones is 2. The second kappa shape index (κ2) is 4.13. The molecule has 1 aromatic heterocycles. The third kappa shape index (κ3) is 1.79. The van der Waals surface area contributed by atoms with Crippen molar-refractivity contribution in [3.05, 3.63) is 41.3 Å². The summed E-state index contributed by atoms with van der Waals surface area (Å²) in [7, 11) is 3.84. The van der Waals surface area contributed by atoms with Crippen LogP contribution in [0, 0.1) is 0 Å². The molecule has 0 spiro atoms. The van der Waals surface area contributed by atoms with Crippen molar-refractivity contribution in [2.24, 2.45) is 0 Å². The van der Waals surface area contributed by atoms with E-state index in [1.54, 1.807) is 12.1 Å². The van der Waals surface area contributed by atoms with Gasteiger partial charge in [0, 0.05) is 11.1 Å². The number of fused-ring (bicyclic) bond motifs is 3. The first kappa shape index (κ1) is 11.8. The number of nitrogens with zero attached hydrogens (tertiary/aromatic N) is 2. The van der Waals surface area contributed by atoms with Crippen LogP contribution in [0.15, 0.2) is 24.3 Å². The van der Waals surface area contributed by atoms with Gasteiger partial charge in [-0.2, -0.15) is 0 Å². The van der Waals surface area contributed by atoms with Crippen molar-refractivity contribution in [3.63, 3.8) is 0 Å². The molecule has 0 saturated heterocycles. The molecule has 2 aromatic rings. The van der Waals surface area contributed by atoms with Crippen LogP contribution in [-0.2, 0) is 6.54 Å². The fourth-order valence-corrected chi connectivity index (χ4v) is 2.28. The van der Waals surface area contributed by atoms with Gasteiger partial charge in [0.2, 0.25) is 5.78 Å². The van der Waals surface area contributed by atoms with Gasteiger partial charge in [0.1, 0.15) is 17.2 Å². The predicted molar refractivity (Wildman–Crippen MR) is 70.1 cm³/mol. The Morgan fingerprint density at radius 1 is 1.11 bits per heavy atom. The summed E-state index contributed by atoms with van der Waals surface area (Å²) in [6.07, 6.45) is 0. The molecule has 0 fully saturated rings. The minimum Gasteiger partial charge on any atom is -0.338 e. The summed E-state index contributed by atoms with van der Waals surface area (Å²) in [6.45, 7) is 0.594. The number of aromatic amines is 1. The van der Waals surface area contributed by atoms with Crippen LogP contribution in [0.5, 0.6) is 0 Å². The molecule has 0 radical (unpaired) electrons. The lowest BCUT2D eigenvalue weighted by molar-refractivity contribution is 0.0812. The zero-order valence-electron chi connectivity index (χ0n) is 10.7. The van der Waals surface area contributed by atoms with E-state index in [9.17, 15) is 9.59 Å². The van der Waals surface area contributed by atoms with Crippen LogP contribution in [0.25, 0.3) is 11.3 Å². The number of Topliss-reactive ketones (excluding diaryl/α,β-unsaturated/α-hetero) is 2. The summed E-state index contributed by atoms with van der Waals surface area (Å²) in [4.78, 5) is 33.4. The molecule has 96 valence electrons. The highest BCUT2D eigenvalue weighted by Crippen LogP contribution is 2.31. The minimum absolute atomic E-state index is 0.306. The molecule has 3 rings (SSSR count). The molecule has 19 heavy (non-hydrogen) atoms. The van der Waals surface area contributed by atoms with E-state index in [0.717, 1.165) is 5.56 Å². The number of carbonyl (C=O) groups is 2. The Bertz CT molecular complexity index is 686. The average molecular weight is 255 g/mol. The second-order valence-electron chi connectivity index (χ2n) is 4.85. The first-order valence-electron chi connectivity index (χ1n) is 6.00. The van der Waals surface area contributed by atoms with Gasteiger partial charge in [0.15, 0.2) is 0 Å². The molecule has 0 aliphatic heterocycles. The number of rotatable bonds is 2. The summed E-state index contributed by atoms with van der Waals surface area (Å²) >= 11 is 0. The molecule has 0 unspecified atom stereocenters. The quantitative estimate of drug-likeness (QED) is 0.826. The summed E-state index contributed by atoms with van der Waals surface area (Å²) in [5, 5.41) is 0. The Labute approximate surface area is 110 Å². The zero-order valence-corrected chi connectivity index (χ0v) is 10.7. The summed E-state index contributed by atoms with van der Waals surface area (Å²) in [5.74, 6) is -0.290. The predicted octanol–water partition coefficient (Wildman–Crippen LogP) is 1.52. The average Bonchev–Trinajstić information content (AvgIpc) is 2.79. The largest absolute Gasteiger partial charge is 0.338 e. The fraction of sp³-hybridized carbons (Fsp3) is 0.214. The first-order valence-corrected chi connectivity index (χ1v) is 6.00. The Hall–Kier alpha value is -2.27. The van der Waals surface area contributed by atoms with Gasteiger partial charge in [-0.3, -0.25) is 9.59 Å². The van der Waals surface area contributed by atoms with Crippen molar-refractivity contribution >= 4 is 11.6 Å². The van der Waals surface area contributed by atoms with Crippen LogP contribution in [-0.4, -0.2) is 40.5 Å². The van der Waals surface area contributed by atoms with Crippen molar-refractivity contribution in [1.82, 2.24) is 14.9 Å². The van der Waals surface area contributed by atoms with Gasteiger partial charge in [0.05, 0.1) is 6.54 Å². The lowest BCUT2D eigenvalue weighted by Gasteiger charge is -2.11. The number of H-pyrrole nitrogens is 1. The van der Waals surface area contributed by atoms with Gasteiger partial charge >= 0.3 is 0 Å². The Morgan fingerprint density at radius 3 is 2.47 bits per heavy atom. The molecule has 5 heteroatoms. The SMILES string of the molecule is CN(C)Cc1nc2c([nH]1)C(=O)C(=O)c1ccccc1-2. The van der Waals surface area contributed by atoms with Gasteiger partial charge in [-0.15, -0.1) is 0 Å². The monoisotopic (exact) mass is 255 g/mol. The number of carbonyl (C=O) groups excluding carboxylic acids is 2. The van der Waals surface area contributed by atoms with E-state index in [1.807, 2.05) is 31.1 Å². The normalized spacial score (nSPS) is 13.6. The molecule has 0 amide bonds. The topological polar surface area (TPSA) is 66.1 Å². The van der Waals surface area contributed by atoms with Gasteiger partial charge in [-0.25, -0.2) is 4.98 Å². The number of imidazole rings is 1. The highest BCUT2D eigenvalue weighted by atomic mass is 16.2. The summed E-state index contributed by atoms with van der Waals surface area (Å²) < 4.78 is 0. The Kier molecular flexibility index (Phi) is 2.57. The maximum absolute atomic E-state index is 12.0. The molecule has 1 aromatic carbocycles. The molecule has 0 bridgehead atoms. The number of aromatic nitrogens is 2. The van der Waals surface area contributed by atoms with E-state index in [1.165, 1.54) is 0 Å². The molecule has 1 N–H and O–H groups in total. The van der Waals surface area contributed by atoms with Gasteiger partial charge in [-0.1, -0.05) is 24.3 Å². The minimum atomic E-state index is -0.508. The zero-order chi connectivity index (χ0) is 13.6. The Balaban J connectivity index is 2.18. The van der Waals surface area contributed by atoms with Gasteiger partial charge < -0.3 is 9.88 Å². The number of benzene rings is 1. The molecule has 1 heterocycles. The van der Waals surface area contributed by atoms with E-state index in [0.29, 0.717) is 29.3 Å². The van der Waals surface area contributed by atoms with E-state index in [-0.39, 0.29) is 0 Å². The molecule has 0 atom stereocenters. The van der Waals surface area contributed by atoms with Crippen LogP contribution >= 0.6 is 0 Å². The smallest absolute Gasteiger partial charge is 0.251 e. The molecule has 1 aliphatic carbocycles. The second-order valence-corrected chi connectivity index (χ2v) is 4.85. The number of hydrogen-bond acceptors (Lipinski definition) is 4. The molecular formula is C14H13N3O2. The van der Waals surface area contributed by atoms with Crippen LogP contribution < -0.4 is 0 Å². The van der Waals surface area contributed by atoms with Crippen LogP contribution in [0.2, 0.25) is 0 Å². The lowest BCUT2D eigenvalue weighted by Crippen LogP contribution is -2.21. The third-order valence-electron chi connectivity index (χ3n) is 3.08. The molecule has 1 aliphatic rings. The van der Waals surface area contributed by atoms with Crippen LogP contribution in [0.4, 0.5) is 0 Å². The first-order chi connectivity index (χ1) is 9.08. The van der Waals surface area contributed by atoms with E-state index < -0.39 is 11.6 Å². The van der Waals surface area contributed by atoms with Crippen LogP contribution in [0.3, 0.4) is 0 Å². The molecular weight excluding hydrogens is 242 g/mol. The summed E-state index contributed by atoms with van der Waals surface area (Å²) in [6, 6.07) is 7.08. The van der Waals surface area contributed by atoms with Crippen molar-refractivity contribution in [2.45, 2.75) is 6.54 Å². The fourth-order valence-electron chi connectivity index (χ4n) is 2.28. The molecule has 0 saturated carbocycles. The summed E-state index contributed by atoms with van der Waals surface area (Å²) in [5.41, 5.74) is 2.05. The standard InChI is InChI=1S/C14H13N3O2/c1-17(2)7-10-15-11-8-5-3-4-6-9(8)13(18)14(19)12(11)16-10/h3-6H,7H2,1-2H3,(H,15,16). The van der Waals surface area contributed by atoms with E-state index in [4.69, 9.17) is 0 Å². The Morgan fingerprint density at radius 2 is 1.79 bits per heavy atom. The van der Waals surface area contributed by atoms with Gasteiger partial charge in [-0.05, 0) is 14.1 Å². The maximum atomic E-state index is 12.0. The lowest BCUT2D eigenvalue weighted by atomic mass is 9.90. The maximum Gasteiger partial charge on any atom is 0.251 e. The van der Waals surface area contributed by atoms with Crippen molar-refractivity contribution in [3.8, 4) is 11.3 Å².